The van der Waals surface area contributed by atoms with E-state index in [0.29, 0.717) is 26.7 Å². The molecule has 7 heteroatoms. The maximum Gasteiger partial charge on any atom is 0.267 e. The van der Waals surface area contributed by atoms with Gasteiger partial charge in [0.2, 0.25) is 0 Å². The Balaban J connectivity index is 1.70. The Bertz CT molecular complexity index is 801. The second kappa shape index (κ2) is 6.78. The van der Waals surface area contributed by atoms with Crippen molar-refractivity contribution in [2.24, 2.45) is 0 Å². The molecule has 1 fully saturated rings. The van der Waals surface area contributed by atoms with Crippen LogP contribution >= 0.6 is 35.6 Å². The number of benzene rings is 1. The lowest BCUT2D eigenvalue weighted by Gasteiger charge is -2.16. The van der Waals surface area contributed by atoms with E-state index in [1.54, 1.807) is 18.2 Å². The molecule has 0 spiro atoms. The highest BCUT2D eigenvalue weighted by Gasteiger charge is 2.32. The lowest BCUT2D eigenvalue weighted by molar-refractivity contribution is -0.121. The maximum atomic E-state index is 12.5. The largest absolute Gasteiger partial charge is 0.462 e. The third-order valence-corrected chi connectivity index (χ3v) is 4.79. The molecule has 0 bridgehead atoms. The highest BCUT2D eigenvalue weighted by atomic mass is 35.5. The van der Waals surface area contributed by atoms with E-state index in [1.807, 2.05) is 31.2 Å². The molecular weight excluding hydrogens is 352 g/mol. The third kappa shape index (κ3) is 3.77. The van der Waals surface area contributed by atoms with Gasteiger partial charge in [0, 0.05) is 16.8 Å². The fourth-order valence-corrected chi connectivity index (χ4v) is 3.49. The third-order valence-electron chi connectivity index (χ3n) is 3.17. The number of furan rings is 1. The van der Waals surface area contributed by atoms with Gasteiger partial charge in [-0.05, 0) is 37.3 Å². The molecule has 2 aromatic rings. The quantitative estimate of drug-likeness (QED) is 0.638. The van der Waals surface area contributed by atoms with Gasteiger partial charge in [0.25, 0.3) is 5.91 Å². The zero-order valence-corrected chi connectivity index (χ0v) is 14.6. The average molecular weight is 365 g/mol. The van der Waals surface area contributed by atoms with E-state index in [-0.39, 0.29) is 5.91 Å². The fraction of sp³-hybridized carbons (Fsp3) is 0.125. The van der Waals surface area contributed by atoms with Crippen molar-refractivity contribution < 1.29 is 9.21 Å². The second-order valence-electron chi connectivity index (χ2n) is 4.90. The maximum absolute atomic E-state index is 12.5. The van der Waals surface area contributed by atoms with E-state index in [9.17, 15) is 4.79 Å². The van der Waals surface area contributed by atoms with Crippen molar-refractivity contribution in [3.05, 3.63) is 57.8 Å². The van der Waals surface area contributed by atoms with E-state index in [1.165, 1.54) is 16.7 Å². The number of amides is 1. The number of hydrogen-bond donors (Lipinski definition) is 1. The molecule has 118 valence electrons. The molecule has 1 saturated heterocycles. The molecule has 0 unspecified atom stereocenters. The van der Waals surface area contributed by atoms with Gasteiger partial charge < -0.3 is 9.73 Å². The molecule has 0 saturated carbocycles. The minimum atomic E-state index is -0.136. The van der Waals surface area contributed by atoms with Crippen LogP contribution in [0.4, 0.5) is 5.69 Å². The molecule has 4 nitrogen and oxygen atoms in total. The number of carbonyl (C=O) groups is 1. The van der Waals surface area contributed by atoms with Crippen molar-refractivity contribution in [1.29, 1.82) is 0 Å². The highest BCUT2D eigenvalue weighted by Crippen LogP contribution is 2.32. The van der Waals surface area contributed by atoms with Gasteiger partial charge in [-0.3, -0.25) is 9.69 Å². The van der Waals surface area contributed by atoms with Crippen molar-refractivity contribution in [2.75, 3.05) is 12.0 Å². The molecule has 0 radical (unpaired) electrons. The van der Waals surface area contributed by atoms with Crippen LogP contribution in [-0.2, 0) is 4.79 Å². The molecule has 1 aromatic heterocycles. The summed E-state index contributed by atoms with van der Waals surface area (Å²) in [4.78, 5) is 14.5. The molecule has 3 rings (SSSR count). The summed E-state index contributed by atoms with van der Waals surface area (Å²) in [5.74, 6) is 1.31. The van der Waals surface area contributed by atoms with E-state index in [2.05, 4.69) is 5.32 Å². The minimum Gasteiger partial charge on any atom is -0.462 e. The summed E-state index contributed by atoms with van der Waals surface area (Å²) in [6.45, 7) is 2.15. The van der Waals surface area contributed by atoms with Crippen molar-refractivity contribution >= 4 is 57.6 Å². The van der Waals surface area contributed by atoms with Gasteiger partial charge in [0.05, 0.1) is 11.6 Å². The van der Waals surface area contributed by atoms with Crippen molar-refractivity contribution in [3.8, 4) is 0 Å². The molecule has 0 aliphatic carbocycles. The molecule has 1 amide bonds. The van der Waals surface area contributed by atoms with Gasteiger partial charge in [0.15, 0.2) is 0 Å². The molecular formula is C16H13ClN2O2S2. The zero-order chi connectivity index (χ0) is 16.4. The van der Waals surface area contributed by atoms with Crippen LogP contribution in [0.3, 0.4) is 0 Å². The molecule has 0 atom stereocenters. The van der Waals surface area contributed by atoms with Crippen molar-refractivity contribution in [3.63, 3.8) is 0 Å². The molecule has 2 heterocycles. The van der Waals surface area contributed by atoms with Crippen LogP contribution in [0, 0.1) is 6.92 Å². The minimum absolute atomic E-state index is 0.136. The summed E-state index contributed by atoms with van der Waals surface area (Å²) < 4.78 is 5.99. The summed E-state index contributed by atoms with van der Waals surface area (Å²) in [7, 11) is 0. The monoisotopic (exact) mass is 364 g/mol. The number of thioether (sulfide) groups is 1. The predicted molar refractivity (Wildman–Crippen MR) is 98.4 cm³/mol. The second-order valence-corrected chi connectivity index (χ2v) is 7.02. The summed E-state index contributed by atoms with van der Waals surface area (Å²) in [5, 5.41) is 3.78. The number of aryl methyl sites for hydroxylation is 1. The molecule has 1 aromatic carbocycles. The Morgan fingerprint density at radius 1 is 1.39 bits per heavy atom. The van der Waals surface area contributed by atoms with Gasteiger partial charge in [-0.1, -0.05) is 41.6 Å². The molecule has 1 aliphatic rings. The number of hydrogen-bond acceptors (Lipinski definition) is 5. The summed E-state index contributed by atoms with van der Waals surface area (Å²) in [6, 6.07) is 11.0. The van der Waals surface area contributed by atoms with Crippen LogP contribution < -0.4 is 5.32 Å². The fourth-order valence-electron chi connectivity index (χ4n) is 2.07. The Morgan fingerprint density at radius 2 is 2.22 bits per heavy atom. The van der Waals surface area contributed by atoms with Crippen molar-refractivity contribution in [1.82, 2.24) is 4.90 Å². The number of nitrogens with zero attached hydrogens (tertiary/aromatic N) is 1. The summed E-state index contributed by atoms with van der Waals surface area (Å²) in [6.07, 6.45) is 1.71. The van der Waals surface area contributed by atoms with Gasteiger partial charge in [-0.15, -0.1) is 0 Å². The number of nitrogens with one attached hydrogen (secondary N) is 1. The number of halogens is 1. The van der Waals surface area contributed by atoms with Gasteiger partial charge in [0.1, 0.15) is 15.8 Å². The Hall–Kier alpha value is -1.76. The van der Waals surface area contributed by atoms with Gasteiger partial charge in [-0.25, -0.2) is 0 Å². The van der Waals surface area contributed by atoms with Crippen LogP contribution in [0.1, 0.15) is 11.5 Å². The molecule has 1 N–H and O–H groups in total. The average Bonchev–Trinajstić information content (AvgIpc) is 3.02. The number of thiocarbonyl (C=S) groups is 1. The number of rotatable bonds is 4. The van der Waals surface area contributed by atoms with Gasteiger partial charge in [-0.2, -0.15) is 0 Å². The molecule has 1 aliphatic heterocycles. The van der Waals surface area contributed by atoms with Crippen LogP contribution in [0.25, 0.3) is 6.08 Å². The standard InChI is InChI=1S/C16H13ClN2O2S2/c1-10-5-6-13(21-10)8-14-15(20)19(16(22)23-14)9-18-12-4-2-3-11(17)7-12/h2-8,18H,9H2,1H3/b14-8-. The normalized spacial score (nSPS) is 16.4. The number of carbonyl (C=O) groups excluding carboxylic acids is 1. The lowest BCUT2D eigenvalue weighted by Crippen LogP contribution is -2.33. The predicted octanol–water partition coefficient (Wildman–Crippen LogP) is 4.51. The SMILES string of the molecule is Cc1ccc(/C=C2\SC(=S)N(CNc3cccc(Cl)c3)C2=O)o1. The van der Waals surface area contributed by atoms with E-state index < -0.39 is 0 Å². The number of anilines is 1. The highest BCUT2D eigenvalue weighted by molar-refractivity contribution is 8.26. The summed E-state index contributed by atoms with van der Waals surface area (Å²) in [5.41, 5.74) is 0.831. The van der Waals surface area contributed by atoms with E-state index in [4.69, 9.17) is 28.2 Å². The summed E-state index contributed by atoms with van der Waals surface area (Å²) >= 11 is 12.5. The van der Waals surface area contributed by atoms with Crippen LogP contribution in [0.15, 0.2) is 45.7 Å². The lowest BCUT2D eigenvalue weighted by atomic mass is 10.3. The van der Waals surface area contributed by atoms with Crippen molar-refractivity contribution in [2.45, 2.75) is 6.92 Å². The zero-order valence-electron chi connectivity index (χ0n) is 12.2. The Kier molecular flexibility index (Phi) is 4.75. The van der Waals surface area contributed by atoms with Crippen LogP contribution in [-0.4, -0.2) is 21.8 Å². The molecule has 23 heavy (non-hydrogen) atoms. The van der Waals surface area contributed by atoms with E-state index >= 15 is 0 Å². The van der Waals surface area contributed by atoms with Gasteiger partial charge >= 0.3 is 0 Å². The first kappa shape index (κ1) is 16.1. The first-order chi connectivity index (χ1) is 11.0. The first-order valence-electron chi connectivity index (χ1n) is 6.84. The van der Waals surface area contributed by atoms with E-state index in [0.717, 1.165) is 11.4 Å². The first-order valence-corrected chi connectivity index (χ1v) is 8.44. The van der Waals surface area contributed by atoms with Crippen LogP contribution in [0.5, 0.6) is 0 Å². The Labute approximate surface area is 148 Å². The Morgan fingerprint density at radius 3 is 2.91 bits per heavy atom. The topological polar surface area (TPSA) is 45.5 Å². The smallest absolute Gasteiger partial charge is 0.267 e. The van der Waals surface area contributed by atoms with Crippen LogP contribution in [0.2, 0.25) is 5.02 Å².